The Morgan fingerprint density at radius 1 is 1.21 bits per heavy atom. The molecule has 0 N–H and O–H groups in total. The third-order valence-electron chi connectivity index (χ3n) is 2.19. The molecule has 0 heterocycles. The number of hydrogen-bond acceptors (Lipinski definition) is 4. The fourth-order valence-corrected chi connectivity index (χ4v) is 2.90. The topological polar surface area (TPSA) is 83.8 Å². The van der Waals surface area contributed by atoms with Gasteiger partial charge in [0.2, 0.25) is 0 Å². The zero-order valence-electron chi connectivity index (χ0n) is 10.7. The second-order valence-electron chi connectivity index (χ2n) is 3.83. The van der Waals surface area contributed by atoms with Gasteiger partial charge in [0, 0.05) is 0 Å². The summed E-state index contributed by atoms with van der Waals surface area (Å²) in [7, 11) is 4.64. The van der Waals surface area contributed by atoms with Crippen LogP contribution in [0.1, 0.15) is 10.4 Å². The van der Waals surface area contributed by atoms with Crippen molar-refractivity contribution in [1.29, 1.82) is 0 Å². The number of para-hydroxylation sites is 1. The van der Waals surface area contributed by atoms with Crippen LogP contribution in [0.25, 0.3) is 0 Å². The predicted octanol–water partition coefficient (Wildman–Crippen LogP) is 0.968. The number of benzene rings is 1. The van der Waals surface area contributed by atoms with E-state index in [1.807, 2.05) is 0 Å². The summed E-state index contributed by atoms with van der Waals surface area (Å²) in [6, 6.07) is 5.42. The molecule has 0 fully saturated rings. The average molecular weight is 330 g/mol. The molecule has 2 amide bonds. The maximum absolute atomic E-state index is 12.0. The van der Waals surface area contributed by atoms with Crippen molar-refractivity contribution in [1.82, 2.24) is 8.82 Å². The molecule has 102 valence electrons. The molecular weight excluding hydrogens is 317 g/mol. The van der Waals surface area contributed by atoms with E-state index in [1.54, 1.807) is 20.2 Å². The van der Waals surface area contributed by atoms with E-state index in [0.717, 1.165) is 0 Å². The maximum atomic E-state index is 12.0. The van der Waals surface area contributed by atoms with Crippen molar-refractivity contribution in [3.05, 3.63) is 39.9 Å². The van der Waals surface area contributed by atoms with Crippen molar-refractivity contribution < 1.29 is 14.5 Å². The van der Waals surface area contributed by atoms with Gasteiger partial charge in [-0.15, -0.1) is 0 Å². The summed E-state index contributed by atoms with van der Waals surface area (Å²) in [4.78, 5) is 35.2. The van der Waals surface area contributed by atoms with Gasteiger partial charge in [-0.3, -0.25) is 0 Å². The SMILES string of the molecule is CN(C)C(=O)N(C)[Se]C(=O)c1ccccc1[N+](=O)[O-]. The first kappa shape index (κ1) is 15.1. The predicted molar refractivity (Wildman–Crippen MR) is 70.0 cm³/mol. The van der Waals surface area contributed by atoms with Crippen molar-refractivity contribution >= 4 is 31.6 Å². The van der Waals surface area contributed by atoms with Crippen LogP contribution in [0.3, 0.4) is 0 Å². The fraction of sp³-hybridized carbons (Fsp3) is 0.273. The Morgan fingerprint density at radius 2 is 1.79 bits per heavy atom. The molecular formula is C11H13N3O4Se. The quantitative estimate of drug-likeness (QED) is 0.468. The van der Waals surface area contributed by atoms with Crippen LogP contribution in [-0.2, 0) is 0 Å². The summed E-state index contributed by atoms with van der Waals surface area (Å²) in [5, 5.41) is 10.8. The molecule has 0 aliphatic rings. The average Bonchev–Trinajstić information content (AvgIpc) is 2.37. The number of amides is 2. The van der Waals surface area contributed by atoms with Crippen molar-refractivity contribution in [3.63, 3.8) is 0 Å². The number of rotatable bonds is 4. The molecule has 0 aliphatic heterocycles. The molecule has 0 spiro atoms. The summed E-state index contributed by atoms with van der Waals surface area (Å²) < 4.78 is 0.865. The van der Waals surface area contributed by atoms with Gasteiger partial charge in [0.05, 0.1) is 0 Å². The Balaban J connectivity index is 2.90. The van der Waals surface area contributed by atoms with Crippen molar-refractivity contribution in [3.8, 4) is 0 Å². The number of nitro groups is 1. The molecule has 0 saturated carbocycles. The van der Waals surface area contributed by atoms with E-state index >= 15 is 0 Å². The Hall–Kier alpha value is -1.92. The molecule has 1 aromatic carbocycles. The summed E-state index contributed by atoms with van der Waals surface area (Å²) in [5.74, 6) is 0. The molecule has 19 heavy (non-hydrogen) atoms. The van der Waals surface area contributed by atoms with Crippen LogP contribution in [0.4, 0.5) is 10.5 Å². The van der Waals surface area contributed by atoms with Gasteiger partial charge in [-0.1, -0.05) is 0 Å². The number of urea groups is 1. The van der Waals surface area contributed by atoms with Gasteiger partial charge < -0.3 is 0 Å². The van der Waals surface area contributed by atoms with E-state index in [1.165, 1.54) is 34.1 Å². The number of carbonyl (C=O) groups is 2. The molecule has 0 aliphatic carbocycles. The van der Waals surface area contributed by atoms with E-state index in [0.29, 0.717) is 0 Å². The third kappa shape index (κ3) is 3.77. The van der Waals surface area contributed by atoms with E-state index in [9.17, 15) is 19.7 Å². The minimum atomic E-state index is -0.826. The van der Waals surface area contributed by atoms with Crippen LogP contribution in [0.2, 0.25) is 0 Å². The van der Waals surface area contributed by atoms with Crippen LogP contribution in [0.15, 0.2) is 24.3 Å². The number of nitrogens with zero attached hydrogens (tertiary/aromatic N) is 3. The van der Waals surface area contributed by atoms with Gasteiger partial charge in [-0.2, -0.15) is 0 Å². The normalized spacial score (nSPS) is 9.84. The second-order valence-corrected chi connectivity index (χ2v) is 6.14. The molecule has 0 aromatic heterocycles. The van der Waals surface area contributed by atoms with Crippen LogP contribution in [-0.4, -0.2) is 60.8 Å². The molecule has 7 nitrogen and oxygen atoms in total. The van der Waals surface area contributed by atoms with Crippen LogP contribution >= 0.6 is 0 Å². The Kier molecular flexibility index (Phi) is 5.02. The Morgan fingerprint density at radius 3 is 2.32 bits per heavy atom. The fourth-order valence-electron chi connectivity index (χ4n) is 1.30. The molecule has 8 heteroatoms. The summed E-state index contributed by atoms with van der Waals surface area (Å²) in [6.45, 7) is 0. The zero-order chi connectivity index (χ0) is 14.6. The minimum absolute atomic E-state index is 0.0332. The van der Waals surface area contributed by atoms with E-state index < -0.39 is 24.8 Å². The molecule has 0 bridgehead atoms. The van der Waals surface area contributed by atoms with Gasteiger partial charge in [0.25, 0.3) is 0 Å². The Bertz CT molecular complexity index is 518. The number of hydrogen-bond donors (Lipinski definition) is 0. The van der Waals surface area contributed by atoms with Gasteiger partial charge in [-0.25, -0.2) is 0 Å². The number of carbonyl (C=O) groups excluding carboxylic acids is 2. The first-order valence-corrected chi connectivity index (χ1v) is 6.87. The van der Waals surface area contributed by atoms with E-state index in [4.69, 9.17) is 0 Å². The standard InChI is InChI=1S/C11H13N3O4Se/c1-12(2)11(16)13(3)19-10(15)8-6-4-5-7-9(8)14(17)18/h4-7H,1-3H3. The first-order valence-electron chi connectivity index (χ1n) is 5.25. The third-order valence-corrected chi connectivity index (χ3v) is 3.90. The van der Waals surface area contributed by atoms with E-state index in [-0.39, 0.29) is 17.3 Å². The van der Waals surface area contributed by atoms with Crippen molar-refractivity contribution in [2.75, 3.05) is 21.1 Å². The molecule has 0 radical (unpaired) electrons. The van der Waals surface area contributed by atoms with Gasteiger partial charge in [0.1, 0.15) is 0 Å². The monoisotopic (exact) mass is 331 g/mol. The van der Waals surface area contributed by atoms with Crippen molar-refractivity contribution in [2.24, 2.45) is 0 Å². The number of nitro benzene ring substituents is 1. The van der Waals surface area contributed by atoms with Crippen LogP contribution in [0.5, 0.6) is 0 Å². The summed E-state index contributed by atoms with van der Waals surface area (Å²) in [6.07, 6.45) is 0. The van der Waals surface area contributed by atoms with Crippen LogP contribution in [0, 0.1) is 10.1 Å². The van der Waals surface area contributed by atoms with Crippen LogP contribution < -0.4 is 0 Å². The van der Waals surface area contributed by atoms with Gasteiger partial charge in [-0.05, 0) is 0 Å². The van der Waals surface area contributed by atoms with Crippen molar-refractivity contribution in [2.45, 2.75) is 0 Å². The molecule has 0 saturated heterocycles. The first-order chi connectivity index (χ1) is 8.84. The molecule has 1 rings (SSSR count). The summed E-state index contributed by atoms with van der Waals surface area (Å²) >= 11 is -0.826. The Labute approximate surface area is 116 Å². The second kappa shape index (κ2) is 6.31. The molecule has 0 atom stereocenters. The van der Waals surface area contributed by atoms with Gasteiger partial charge >= 0.3 is 116 Å². The molecule has 1 aromatic rings. The van der Waals surface area contributed by atoms with Gasteiger partial charge in [0.15, 0.2) is 0 Å². The zero-order valence-corrected chi connectivity index (χ0v) is 12.4. The molecule has 0 unspecified atom stereocenters. The van der Waals surface area contributed by atoms with E-state index in [2.05, 4.69) is 0 Å². The summed E-state index contributed by atoms with van der Waals surface area (Å²) in [5.41, 5.74) is -0.203.